The maximum atomic E-state index is 12.7. The van der Waals surface area contributed by atoms with E-state index in [1.807, 2.05) is 55.6 Å². The van der Waals surface area contributed by atoms with Gasteiger partial charge in [0.2, 0.25) is 18.2 Å². The Morgan fingerprint density at radius 1 is 0.969 bits per heavy atom. The van der Waals surface area contributed by atoms with Crippen LogP contribution in [0.5, 0.6) is 11.5 Å². The van der Waals surface area contributed by atoms with Crippen LogP contribution in [-0.4, -0.2) is 108 Å². The second-order valence-corrected chi connectivity index (χ2v) is 17.0. The lowest BCUT2D eigenvalue weighted by Gasteiger charge is -2.26. The molecule has 65 heavy (non-hydrogen) atoms. The molecular formula is C48H66FN7O8S. The highest BCUT2D eigenvalue weighted by Crippen LogP contribution is 2.33. The third-order valence-corrected chi connectivity index (χ3v) is 11.3. The smallest absolute Gasteiger partial charge is 0.326 e. The van der Waals surface area contributed by atoms with E-state index in [4.69, 9.17) is 14.5 Å². The minimum absolute atomic E-state index is 0.00694. The maximum absolute atomic E-state index is 12.7. The Morgan fingerprint density at radius 3 is 2.29 bits per heavy atom. The molecule has 1 aliphatic rings. The van der Waals surface area contributed by atoms with Gasteiger partial charge in [0.15, 0.2) is 10.9 Å². The number of thiazole rings is 1. The van der Waals surface area contributed by atoms with Gasteiger partial charge >= 0.3 is 5.97 Å². The van der Waals surface area contributed by atoms with E-state index in [0.717, 1.165) is 64.6 Å². The number of nitrogens with one attached hydrogen (secondary N) is 4. The van der Waals surface area contributed by atoms with Crippen LogP contribution in [-0.2, 0) is 19.2 Å². The number of likely N-dealkylation sites (tertiary alicyclic amines) is 1. The number of unbranched alkanes of at least 4 members (excludes halogenated alkanes) is 3. The van der Waals surface area contributed by atoms with Gasteiger partial charge < -0.3 is 40.7 Å². The highest BCUT2D eigenvalue weighted by Gasteiger charge is 2.36. The predicted octanol–water partition coefficient (Wildman–Crippen LogP) is 7.51. The van der Waals surface area contributed by atoms with Crippen molar-refractivity contribution in [3.05, 3.63) is 77.4 Å². The Morgan fingerprint density at radius 2 is 1.69 bits per heavy atom. The minimum Gasteiger partial charge on any atom is -0.497 e. The molecule has 0 radical (unpaired) electrons. The largest absolute Gasteiger partial charge is 0.497 e. The lowest BCUT2D eigenvalue weighted by molar-refractivity contribution is -0.144. The quantitative estimate of drug-likeness (QED) is 0.0239. The van der Waals surface area contributed by atoms with Crippen molar-refractivity contribution < 1.29 is 42.9 Å². The fourth-order valence-corrected chi connectivity index (χ4v) is 7.89. The molecule has 3 amide bonds. The van der Waals surface area contributed by atoms with E-state index in [1.165, 1.54) is 29.2 Å². The van der Waals surface area contributed by atoms with Crippen LogP contribution in [0.25, 0.3) is 22.3 Å². The van der Waals surface area contributed by atoms with Crippen LogP contribution in [0.4, 0.5) is 9.52 Å². The number of allylic oxidation sites excluding steroid dienone is 1. The standard InChI is InChI=1S/C19H31N3O5.C17H19N3O2S.C12H16FNO/c1-3-4-5-6-7-9-14(2)17(19(26)27)21-18(25)15-10-8-11-22(15)16(24)12-20-13-23;1-10(2)18-17-20-15(9-23-17)14-8-16(22-4)12-6-5-11(21-3)7-13(12)19-14;1-8(2)11(14-3)12(15)9-4-6-10(13)7-5-9/h7,9,13-15,17H,3-6,8,10-12H2,1-2H3,(H,20,23)(H,21,25)(H,26,27);5-10H,1-4H3,(H,18,20);4-8,11,14H,1-3H3/b9-7-;;/t14?,15-,17?;;/m0../s1. The molecule has 2 aromatic heterocycles. The number of amides is 3. The van der Waals surface area contributed by atoms with Gasteiger partial charge in [-0.1, -0.05) is 52.7 Å². The number of hydrogen-bond acceptors (Lipinski definition) is 12. The van der Waals surface area contributed by atoms with Crippen LogP contribution in [0, 0.1) is 17.7 Å². The van der Waals surface area contributed by atoms with Crippen LogP contribution >= 0.6 is 11.3 Å². The van der Waals surface area contributed by atoms with Gasteiger partial charge in [0, 0.05) is 47.0 Å². The lowest BCUT2D eigenvalue weighted by Crippen LogP contribution is -2.53. The number of pyridine rings is 1. The van der Waals surface area contributed by atoms with Gasteiger partial charge in [-0.25, -0.2) is 19.2 Å². The van der Waals surface area contributed by atoms with Crippen LogP contribution in [0.3, 0.4) is 0 Å². The number of anilines is 1. The molecule has 17 heteroatoms. The van der Waals surface area contributed by atoms with Crippen molar-refractivity contribution in [3.8, 4) is 22.9 Å². The molecule has 0 spiro atoms. The fourth-order valence-electron chi connectivity index (χ4n) is 7.04. The number of carbonyl (C=O) groups is 5. The molecule has 4 aromatic rings. The van der Waals surface area contributed by atoms with E-state index in [-0.39, 0.29) is 41.9 Å². The summed E-state index contributed by atoms with van der Waals surface area (Å²) in [7, 11) is 5.06. The maximum Gasteiger partial charge on any atom is 0.326 e. The second kappa shape index (κ2) is 27.4. The molecule has 1 fully saturated rings. The monoisotopic (exact) mass is 919 g/mol. The van der Waals surface area contributed by atoms with Gasteiger partial charge in [-0.3, -0.25) is 19.2 Å². The third kappa shape index (κ3) is 16.5. The zero-order chi connectivity index (χ0) is 48.1. The van der Waals surface area contributed by atoms with Crippen molar-refractivity contribution >= 4 is 57.3 Å². The van der Waals surface area contributed by atoms with Crippen LogP contribution in [0.1, 0.15) is 90.4 Å². The first-order valence-corrected chi connectivity index (χ1v) is 22.8. The number of Topliss-reactive ketones (excluding diaryl/α,β-unsaturated/α-hetero) is 1. The van der Waals surface area contributed by atoms with E-state index < -0.39 is 24.0 Å². The SMILES string of the molecule is CCCCC/C=C\C(C)C(NC(=O)[C@@H]1CCCN1C(=O)CNC=O)C(=O)O.CNC(C(=O)c1ccc(F)cc1)C(C)C.COc1ccc2c(OC)cc(-c3csc(NC(C)C)n3)nc2c1. The van der Waals surface area contributed by atoms with Crippen molar-refractivity contribution in [3.63, 3.8) is 0 Å². The highest BCUT2D eigenvalue weighted by atomic mass is 32.1. The predicted molar refractivity (Wildman–Crippen MR) is 254 cm³/mol. The highest BCUT2D eigenvalue weighted by molar-refractivity contribution is 7.14. The third-order valence-electron chi connectivity index (χ3n) is 10.5. The number of halogens is 1. The van der Waals surface area contributed by atoms with Crippen molar-refractivity contribution in [1.82, 2.24) is 30.8 Å². The summed E-state index contributed by atoms with van der Waals surface area (Å²) in [5.41, 5.74) is 2.99. The number of aromatic nitrogens is 2. The molecule has 354 valence electrons. The zero-order valence-corrected chi connectivity index (χ0v) is 39.8. The summed E-state index contributed by atoms with van der Waals surface area (Å²) in [6, 6.07) is 11.7. The molecule has 0 bridgehead atoms. The Bertz CT molecular complexity index is 2180. The number of carboxylic acid groups (broad SMARTS) is 1. The zero-order valence-electron chi connectivity index (χ0n) is 39.0. The molecule has 0 aliphatic carbocycles. The first-order chi connectivity index (χ1) is 31.1. The van der Waals surface area contributed by atoms with E-state index in [9.17, 15) is 33.5 Å². The number of ether oxygens (including phenoxy) is 2. The second-order valence-electron chi connectivity index (χ2n) is 16.2. The normalized spacial score (nSPS) is 14.7. The average molecular weight is 920 g/mol. The molecular weight excluding hydrogens is 854 g/mol. The van der Waals surface area contributed by atoms with Gasteiger partial charge in [-0.05, 0) is 88.9 Å². The van der Waals surface area contributed by atoms with Crippen molar-refractivity contribution in [2.75, 3.05) is 39.7 Å². The fraction of sp³-hybridized carbons (Fsp3) is 0.479. The number of likely N-dealkylation sites (N-methyl/N-ethyl adjacent to an activating group) is 1. The number of hydrogen-bond donors (Lipinski definition) is 5. The summed E-state index contributed by atoms with van der Waals surface area (Å²) >= 11 is 1.57. The van der Waals surface area contributed by atoms with Crippen LogP contribution in [0.15, 0.2) is 66.1 Å². The molecule has 1 saturated heterocycles. The molecule has 15 nitrogen and oxygen atoms in total. The van der Waals surface area contributed by atoms with Crippen LogP contribution < -0.4 is 30.7 Å². The molecule has 5 N–H and O–H groups in total. The van der Waals surface area contributed by atoms with E-state index >= 15 is 0 Å². The summed E-state index contributed by atoms with van der Waals surface area (Å²) in [4.78, 5) is 69.3. The van der Waals surface area contributed by atoms with Gasteiger partial charge in [0.25, 0.3) is 0 Å². The number of fused-ring (bicyclic) bond motifs is 1. The van der Waals surface area contributed by atoms with Crippen molar-refractivity contribution in [2.24, 2.45) is 11.8 Å². The number of nitrogens with zero attached hydrogens (tertiary/aromatic N) is 3. The van der Waals surface area contributed by atoms with Crippen molar-refractivity contribution in [1.29, 1.82) is 0 Å². The van der Waals surface area contributed by atoms with Crippen LogP contribution in [0.2, 0.25) is 0 Å². The summed E-state index contributed by atoms with van der Waals surface area (Å²) in [5.74, 6) is -0.843. The number of ketones is 1. The molecule has 5 rings (SSSR count). The number of carbonyl (C=O) groups excluding carboxylic acids is 4. The molecule has 3 unspecified atom stereocenters. The van der Waals surface area contributed by atoms with E-state index in [2.05, 4.69) is 47.0 Å². The molecule has 4 atom stereocenters. The topological polar surface area (TPSA) is 201 Å². The Labute approximate surface area is 386 Å². The Balaban J connectivity index is 0.000000269. The molecule has 2 aromatic carbocycles. The average Bonchev–Trinajstić information content (AvgIpc) is 3.98. The van der Waals surface area contributed by atoms with Gasteiger partial charge in [0.1, 0.15) is 35.1 Å². The minimum atomic E-state index is -1.10. The van der Waals surface area contributed by atoms with E-state index in [0.29, 0.717) is 37.4 Å². The first-order valence-electron chi connectivity index (χ1n) is 22.0. The van der Waals surface area contributed by atoms with E-state index in [1.54, 1.807) is 39.5 Å². The summed E-state index contributed by atoms with van der Waals surface area (Å²) in [6.45, 7) is 12.2. The lowest BCUT2D eigenvalue weighted by atomic mass is 9.95. The summed E-state index contributed by atoms with van der Waals surface area (Å²) in [5, 5.41) is 24.5. The summed E-state index contributed by atoms with van der Waals surface area (Å²) < 4.78 is 23.5. The molecule has 3 heterocycles. The Hall–Kier alpha value is -5.94. The number of aliphatic carboxylic acids is 1. The number of rotatable bonds is 21. The Kier molecular flexibility index (Phi) is 22.5. The number of methoxy groups -OCH3 is 2. The van der Waals surface area contributed by atoms with Crippen molar-refractivity contribution in [2.45, 2.75) is 104 Å². The van der Waals surface area contributed by atoms with Gasteiger partial charge in [-0.15, -0.1) is 11.3 Å². The molecule has 1 aliphatic heterocycles. The molecule has 0 saturated carbocycles. The van der Waals surface area contributed by atoms with Gasteiger partial charge in [0.05, 0.1) is 38.0 Å². The number of carboxylic acids is 1. The van der Waals surface area contributed by atoms with Gasteiger partial charge in [-0.2, -0.15) is 0 Å². The number of benzene rings is 2. The first kappa shape index (κ1) is 53.4. The summed E-state index contributed by atoms with van der Waals surface area (Å²) in [6.07, 6.45) is 9.53.